The molecule has 0 radical (unpaired) electrons. The molecule has 0 saturated carbocycles. The third kappa shape index (κ3) is 5.66. The number of nitrogens with zero attached hydrogens (tertiary/aromatic N) is 1. The minimum absolute atomic E-state index is 0.0382. The third-order valence-corrected chi connectivity index (χ3v) is 4.04. The molecule has 1 aromatic heterocycles. The van der Waals surface area contributed by atoms with Gasteiger partial charge in [-0.25, -0.2) is 4.79 Å². The monoisotopic (exact) mass is 379 g/mol. The van der Waals surface area contributed by atoms with Crippen LogP contribution in [0.2, 0.25) is 5.02 Å². The van der Waals surface area contributed by atoms with Gasteiger partial charge in [0.1, 0.15) is 5.60 Å². The number of likely N-dealkylation sites (N-methyl/N-ethyl adjacent to an activating group) is 1. The first kappa shape index (κ1) is 20.1. The van der Waals surface area contributed by atoms with Crippen LogP contribution in [0.25, 0.3) is 10.9 Å². The van der Waals surface area contributed by atoms with Crippen LogP contribution in [0.4, 0.5) is 4.79 Å². The van der Waals surface area contributed by atoms with Crippen molar-refractivity contribution in [2.24, 2.45) is 0 Å². The average molecular weight is 380 g/mol. The molecular weight excluding hydrogens is 354 g/mol. The van der Waals surface area contributed by atoms with Crippen molar-refractivity contribution in [1.29, 1.82) is 0 Å². The quantitative estimate of drug-likeness (QED) is 0.831. The Balaban J connectivity index is 1.92. The van der Waals surface area contributed by atoms with Crippen molar-refractivity contribution in [2.45, 2.75) is 45.8 Å². The molecule has 0 aliphatic rings. The number of fused-ring (bicyclic) bond motifs is 1. The van der Waals surface area contributed by atoms with Crippen LogP contribution < -0.4 is 5.32 Å². The van der Waals surface area contributed by atoms with Crippen LogP contribution in [-0.4, -0.2) is 47.1 Å². The van der Waals surface area contributed by atoms with Gasteiger partial charge in [-0.3, -0.25) is 4.79 Å². The molecule has 7 heteroatoms. The molecule has 2 N–H and O–H groups in total. The Hall–Kier alpha value is -2.21. The highest BCUT2D eigenvalue weighted by molar-refractivity contribution is 6.31. The first-order chi connectivity index (χ1) is 12.0. The summed E-state index contributed by atoms with van der Waals surface area (Å²) in [5.41, 5.74) is 1.29. The van der Waals surface area contributed by atoms with Crippen LogP contribution in [0.3, 0.4) is 0 Å². The maximum absolute atomic E-state index is 12.5. The van der Waals surface area contributed by atoms with Crippen LogP contribution in [0.5, 0.6) is 0 Å². The van der Waals surface area contributed by atoms with Gasteiger partial charge in [-0.2, -0.15) is 0 Å². The number of hydrogen-bond acceptors (Lipinski definition) is 3. The standard InChI is InChI=1S/C19H26ClN3O3/c1-12(22-18(25)26-19(2,3)4)11-23(5)17(24)8-13-10-21-16-7-6-14(20)9-15(13)16/h6-7,9-10,12,21H,8,11H2,1-5H3,(H,22,25). The second-order valence-corrected chi connectivity index (χ2v) is 7.94. The molecule has 0 spiro atoms. The Morgan fingerprint density at radius 3 is 2.69 bits per heavy atom. The number of H-pyrrole nitrogens is 1. The fourth-order valence-electron chi connectivity index (χ4n) is 2.66. The van der Waals surface area contributed by atoms with E-state index < -0.39 is 11.7 Å². The molecule has 0 aliphatic carbocycles. The molecule has 0 bridgehead atoms. The molecule has 1 heterocycles. The van der Waals surface area contributed by atoms with Gasteiger partial charge in [0.25, 0.3) is 0 Å². The zero-order chi connectivity index (χ0) is 19.5. The number of aromatic amines is 1. The lowest BCUT2D eigenvalue weighted by Gasteiger charge is -2.25. The average Bonchev–Trinajstić information content (AvgIpc) is 2.87. The number of hydrogen-bond donors (Lipinski definition) is 2. The van der Waals surface area contributed by atoms with E-state index in [1.807, 2.05) is 31.3 Å². The molecule has 2 amide bonds. The normalized spacial score (nSPS) is 12.7. The molecule has 1 unspecified atom stereocenters. The van der Waals surface area contributed by atoms with E-state index in [0.29, 0.717) is 11.6 Å². The summed E-state index contributed by atoms with van der Waals surface area (Å²) in [6.07, 6.45) is 1.60. The van der Waals surface area contributed by atoms with E-state index in [1.54, 1.807) is 32.7 Å². The number of carbonyl (C=O) groups is 2. The van der Waals surface area contributed by atoms with Crippen molar-refractivity contribution >= 4 is 34.5 Å². The van der Waals surface area contributed by atoms with Gasteiger partial charge in [0.05, 0.1) is 6.42 Å². The third-order valence-electron chi connectivity index (χ3n) is 3.81. The smallest absolute Gasteiger partial charge is 0.407 e. The zero-order valence-corrected chi connectivity index (χ0v) is 16.6. The number of amides is 2. The van der Waals surface area contributed by atoms with Crippen LogP contribution in [0, 0.1) is 0 Å². The molecular formula is C19H26ClN3O3. The lowest BCUT2D eigenvalue weighted by atomic mass is 10.1. The molecule has 1 aromatic carbocycles. The Morgan fingerprint density at radius 2 is 2.04 bits per heavy atom. The Bertz CT molecular complexity index is 795. The number of halogens is 1. The predicted octanol–water partition coefficient (Wildman–Crippen LogP) is 3.74. The van der Waals surface area contributed by atoms with Gasteiger partial charge in [-0.15, -0.1) is 0 Å². The minimum Gasteiger partial charge on any atom is -0.444 e. The molecule has 6 nitrogen and oxygen atoms in total. The molecule has 0 fully saturated rings. The summed E-state index contributed by atoms with van der Waals surface area (Å²) in [6, 6.07) is 5.32. The van der Waals surface area contributed by atoms with Crippen LogP contribution >= 0.6 is 11.6 Å². The van der Waals surface area contributed by atoms with Gasteiger partial charge in [-0.05, 0) is 51.5 Å². The largest absolute Gasteiger partial charge is 0.444 e. The van der Waals surface area contributed by atoms with Crippen molar-refractivity contribution in [3.8, 4) is 0 Å². The molecule has 26 heavy (non-hydrogen) atoms. The maximum atomic E-state index is 12.5. The van der Waals surface area contributed by atoms with Gasteiger partial charge in [0.2, 0.25) is 5.91 Å². The number of benzene rings is 1. The van der Waals surface area contributed by atoms with E-state index >= 15 is 0 Å². The molecule has 1 atom stereocenters. The molecule has 2 rings (SSSR count). The van der Waals surface area contributed by atoms with E-state index in [4.69, 9.17) is 16.3 Å². The topological polar surface area (TPSA) is 74.4 Å². The molecule has 0 aliphatic heterocycles. The molecule has 2 aromatic rings. The van der Waals surface area contributed by atoms with Crippen molar-refractivity contribution in [3.63, 3.8) is 0 Å². The molecule has 0 saturated heterocycles. The maximum Gasteiger partial charge on any atom is 0.407 e. The molecule has 142 valence electrons. The van der Waals surface area contributed by atoms with Crippen LogP contribution in [0.1, 0.15) is 33.3 Å². The zero-order valence-electron chi connectivity index (χ0n) is 15.9. The van der Waals surface area contributed by atoms with Crippen molar-refractivity contribution in [2.75, 3.05) is 13.6 Å². The summed E-state index contributed by atoms with van der Waals surface area (Å²) < 4.78 is 5.22. The van der Waals surface area contributed by atoms with E-state index in [2.05, 4.69) is 10.3 Å². The highest BCUT2D eigenvalue weighted by Gasteiger charge is 2.20. The number of nitrogens with one attached hydrogen (secondary N) is 2. The number of aromatic nitrogens is 1. The Labute approximate surface area is 158 Å². The first-order valence-electron chi connectivity index (χ1n) is 8.54. The first-order valence-corrected chi connectivity index (χ1v) is 8.92. The number of rotatable bonds is 5. The van der Waals surface area contributed by atoms with Gasteiger partial charge < -0.3 is 19.9 Å². The van der Waals surface area contributed by atoms with Crippen molar-refractivity contribution in [1.82, 2.24) is 15.2 Å². The van der Waals surface area contributed by atoms with Gasteiger partial charge in [0.15, 0.2) is 0 Å². The summed E-state index contributed by atoms with van der Waals surface area (Å²) in [6.45, 7) is 7.64. The second kappa shape index (κ2) is 7.99. The minimum atomic E-state index is -0.553. The van der Waals surface area contributed by atoms with Crippen molar-refractivity contribution < 1.29 is 14.3 Å². The van der Waals surface area contributed by atoms with E-state index in [-0.39, 0.29) is 18.4 Å². The lowest BCUT2D eigenvalue weighted by molar-refractivity contribution is -0.129. The van der Waals surface area contributed by atoms with Crippen LogP contribution in [0.15, 0.2) is 24.4 Å². The lowest BCUT2D eigenvalue weighted by Crippen LogP contribution is -2.44. The summed E-state index contributed by atoms with van der Waals surface area (Å²) in [5, 5.41) is 4.32. The van der Waals surface area contributed by atoms with Crippen molar-refractivity contribution in [3.05, 3.63) is 35.0 Å². The summed E-state index contributed by atoms with van der Waals surface area (Å²) in [5.74, 6) is -0.0382. The highest BCUT2D eigenvalue weighted by atomic mass is 35.5. The Morgan fingerprint density at radius 1 is 1.35 bits per heavy atom. The van der Waals surface area contributed by atoms with Crippen LogP contribution in [-0.2, 0) is 16.0 Å². The SMILES string of the molecule is CC(CN(C)C(=O)Cc1c[nH]c2ccc(Cl)cc12)NC(=O)OC(C)(C)C. The Kier molecular flexibility index (Phi) is 6.18. The second-order valence-electron chi connectivity index (χ2n) is 7.50. The summed E-state index contributed by atoms with van der Waals surface area (Å²) in [4.78, 5) is 29.1. The highest BCUT2D eigenvalue weighted by Crippen LogP contribution is 2.23. The fraction of sp³-hybridized carbons (Fsp3) is 0.474. The van der Waals surface area contributed by atoms with Gasteiger partial charge >= 0.3 is 6.09 Å². The van der Waals surface area contributed by atoms with E-state index in [9.17, 15) is 9.59 Å². The predicted molar refractivity (Wildman–Crippen MR) is 103 cm³/mol. The van der Waals surface area contributed by atoms with E-state index in [1.165, 1.54) is 0 Å². The van der Waals surface area contributed by atoms with Gasteiger partial charge in [0, 0.05) is 41.8 Å². The van der Waals surface area contributed by atoms with E-state index in [0.717, 1.165) is 16.5 Å². The fourth-order valence-corrected chi connectivity index (χ4v) is 2.83. The summed E-state index contributed by atoms with van der Waals surface area (Å²) in [7, 11) is 1.72. The van der Waals surface area contributed by atoms with Gasteiger partial charge in [-0.1, -0.05) is 11.6 Å². The summed E-state index contributed by atoms with van der Waals surface area (Å²) >= 11 is 6.05. The number of alkyl carbamates (subject to hydrolysis) is 1. The number of ether oxygens (including phenoxy) is 1. The number of carbonyl (C=O) groups excluding carboxylic acids is 2.